The highest BCUT2D eigenvalue weighted by Crippen LogP contribution is 2.15. The number of carbonyl (C=O) groups is 2. The highest BCUT2D eigenvalue weighted by molar-refractivity contribution is 7.87. The summed E-state index contributed by atoms with van der Waals surface area (Å²) in [7, 11) is -3.16. The largest absolute Gasteiger partial charge is 0.468 e. The van der Waals surface area contributed by atoms with Crippen LogP contribution in [-0.4, -0.2) is 44.0 Å². The van der Waals surface area contributed by atoms with Crippen molar-refractivity contribution in [1.82, 2.24) is 9.03 Å². The first-order valence-corrected chi connectivity index (χ1v) is 8.60. The van der Waals surface area contributed by atoms with Crippen molar-refractivity contribution in [2.45, 2.75) is 32.9 Å². The molecular weight excluding hydrogens is 336 g/mol. The second-order valence-electron chi connectivity index (χ2n) is 5.87. The minimum absolute atomic E-state index is 0.230. The second-order valence-corrected chi connectivity index (χ2v) is 7.55. The van der Waals surface area contributed by atoms with Crippen LogP contribution < -0.4 is 4.72 Å². The van der Waals surface area contributed by atoms with Crippen molar-refractivity contribution in [3.05, 3.63) is 35.9 Å². The first-order chi connectivity index (χ1) is 11.0. The summed E-state index contributed by atoms with van der Waals surface area (Å²) < 4.78 is 36.9. The van der Waals surface area contributed by atoms with E-state index in [-0.39, 0.29) is 6.54 Å². The third-order valence-electron chi connectivity index (χ3n) is 2.68. The van der Waals surface area contributed by atoms with Crippen molar-refractivity contribution in [2.75, 3.05) is 13.7 Å². The average molecular weight is 358 g/mol. The summed E-state index contributed by atoms with van der Waals surface area (Å²) in [5, 5.41) is 0. The van der Waals surface area contributed by atoms with E-state index in [9.17, 15) is 18.0 Å². The lowest BCUT2D eigenvalue weighted by atomic mass is 10.2. The normalized spacial score (nSPS) is 11.7. The van der Waals surface area contributed by atoms with Crippen LogP contribution in [0.4, 0.5) is 4.79 Å². The summed E-state index contributed by atoms with van der Waals surface area (Å²) in [6.45, 7) is 4.06. The molecule has 0 saturated carbocycles. The molecule has 0 atom stereocenters. The monoisotopic (exact) mass is 358 g/mol. The molecule has 1 rings (SSSR count). The number of ether oxygens (including phenoxy) is 2. The Morgan fingerprint density at radius 1 is 1.17 bits per heavy atom. The molecule has 134 valence electrons. The molecule has 0 fully saturated rings. The summed E-state index contributed by atoms with van der Waals surface area (Å²) in [4.78, 5) is 23.4. The highest BCUT2D eigenvalue weighted by atomic mass is 32.2. The predicted octanol–water partition coefficient (Wildman–Crippen LogP) is 1.43. The first kappa shape index (κ1) is 19.9. The van der Waals surface area contributed by atoms with Crippen molar-refractivity contribution in [2.24, 2.45) is 0 Å². The van der Waals surface area contributed by atoms with Gasteiger partial charge in [-0.25, -0.2) is 4.79 Å². The van der Waals surface area contributed by atoms with E-state index in [4.69, 9.17) is 4.74 Å². The zero-order valence-electron chi connectivity index (χ0n) is 14.1. The van der Waals surface area contributed by atoms with Crippen LogP contribution >= 0.6 is 0 Å². The lowest BCUT2D eigenvalue weighted by Crippen LogP contribution is -2.47. The van der Waals surface area contributed by atoms with Gasteiger partial charge in [0, 0.05) is 0 Å². The lowest BCUT2D eigenvalue weighted by molar-refractivity contribution is -0.139. The van der Waals surface area contributed by atoms with Gasteiger partial charge >= 0.3 is 22.3 Å². The molecule has 1 aromatic rings. The maximum Gasteiger partial charge on any atom is 0.425 e. The van der Waals surface area contributed by atoms with Gasteiger partial charge in [0.25, 0.3) is 0 Å². The first-order valence-electron chi connectivity index (χ1n) is 7.16. The highest BCUT2D eigenvalue weighted by Gasteiger charge is 2.32. The number of esters is 1. The van der Waals surface area contributed by atoms with E-state index in [1.165, 1.54) is 0 Å². The van der Waals surface area contributed by atoms with Crippen molar-refractivity contribution >= 4 is 22.3 Å². The number of carbonyl (C=O) groups excluding carboxylic acids is 2. The van der Waals surface area contributed by atoms with Gasteiger partial charge in [-0.05, 0) is 26.3 Å². The molecule has 9 heteroatoms. The van der Waals surface area contributed by atoms with Crippen LogP contribution in [0.15, 0.2) is 30.3 Å². The van der Waals surface area contributed by atoms with Gasteiger partial charge in [0.05, 0.1) is 13.7 Å². The Balaban J connectivity index is 3.03. The van der Waals surface area contributed by atoms with Crippen molar-refractivity contribution in [3.63, 3.8) is 0 Å². The lowest BCUT2D eigenvalue weighted by Gasteiger charge is -2.27. The summed E-state index contributed by atoms with van der Waals surface area (Å²) in [6, 6.07) is 8.56. The summed E-state index contributed by atoms with van der Waals surface area (Å²) >= 11 is 0. The van der Waals surface area contributed by atoms with Gasteiger partial charge in [-0.1, -0.05) is 30.3 Å². The summed E-state index contributed by atoms with van der Waals surface area (Å²) in [5.41, 5.74) is -0.282. The third-order valence-corrected chi connectivity index (χ3v) is 4.05. The van der Waals surface area contributed by atoms with Crippen molar-refractivity contribution in [3.8, 4) is 0 Å². The smallest absolute Gasteiger partial charge is 0.425 e. The quantitative estimate of drug-likeness (QED) is 0.772. The number of hydrogen-bond acceptors (Lipinski definition) is 6. The molecule has 0 saturated heterocycles. The summed E-state index contributed by atoms with van der Waals surface area (Å²) in [6.07, 6.45) is -1.04. The molecule has 24 heavy (non-hydrogen) atoms. The van der Waals surface area contributed by atoms with Crippen molar-refractivity contribution in [1.29, 1.82) is 0 Å². The molecule has 0 unspecified atom stereocenters. The SMILES string of the molecule is COC(=O)CNS(=O)(=O)N(Cc1ccccc1)C(=O)OC(C)(C)C. The second kappa shape index (κ2) is 8.11. The molecule has 0 heterocycles. The fraction of sp³-hybridized carbons (Fsp3) is 0.467. The van der Waals surface area contributed by atoms with Crippen LogP contribution in [0.3, 0.4) is 0 Å². The Kier molecular flexibility index (Phi) is 6.73. The number of hydrogen-bond donors (Lipinski definition) is 1. The molecule has 0 aliphatic carbocycles. The number of nitrogens with zero attached hydrogens (tertiary/aromatic N) is 1. The molecule has 1 amide bonds. The van der Waals surface area contributed by atoms with Gasteiger partial charge in [0.2, 0.25) is 0 Å². The number of nitrogens with one attached hydrogen (secondary N) is 1. The number of amides is 1. The number of methoxy groups -OCH3 is 1. The van der Waals surface area contributed by atoms with Crippen molar-refractivity contribution < 1.29 is 27.5 Å². The molecule has 8 nitrogen and oxygen atoms in total. The Hall–Kier alpha value is -2.13. The maximum absolute atomic E-state index is 12.4. The van der Waals surface area contributed by atoms with E-state index >= 15 is 0 Å². The Labute approximate surface area is 141 Å². The molecular formula is C15H22N2O6S. The topological polar surface area (TPSA) is 102 Å². The number of rotatable bonds is 6. The Morgan fingerprint density at radius 2 is 1.75 bits per heavy atom. The van der Waals surface area contributed by atoms with Crippen LogP contribution in [0.2, 0.25) is 0 Å². The van der Waals surface area contributed by atoms with Gasteiger partial charge in [0.15, 0.2) is 0 Å². The van der Waals surface area contributed by atoms with Crippen LogP contribution in [-0.2, 0) is 31.0 Å². The predicted molar refractivity (Wildman–Crippen MR) is 87.2 cm³/mol. The van der Waals surface area contributed by atoms with E-state index in [2.05, 4.69) is 4.74 Å². The fourth-order valence-corrected chi connectivity index (χ4v) is 2.62. The fourth-order valence-electron chi connectivity index (χ4n) is 1.61. The van der Waals surface area contributed by atoms with Gasteiger partial charge in [0.1, 0.15) is 12.1 Å². The zero-order valence-corrected chi connectivity index (χ0v) is 14.9. The molecule has 1 aromatic carbocycles. The Bertz CT molecular complexity index is 667. The van der Waals surface area contributed by atoms with Gasteiger partial charge in [-0.2, -0.15) is 17.4 Å². The molecule has 0 aromatic heterocycles. The minimum Gasteiger partial charge on any atom is -0.468 e. The van der Waals surface area contributed by atoms with Crippen LogP contribution in [0.5, 0.6) is 0 Å². The van der Waals surface area contributed by atoms with Gasteiger partial charge in [-0.3, -0.25) is 4.79 Å². The van der Waals surface area contributed by atoms with Crippen LogP contribution in [0.1, 0.15) is 26.3 Å². The van der Waals surface area contributed by atoms with Crippen LogP contribution in [0, 0.1) is 0 Å². The molecule has 0 radical (unpaired) electrons. The maximum atomic E-state index is 12.4. The third kappa shape index (κ3) is 6.55. The van der Waals surface area contributed by atoms with E-state index in [0.717, 1.165) is 7.11 Å². The molecule has 0 spiro atoms. The molecule has 0 aliphatic heterocycles. The molecule has 0 aliphatic rings. The van der Waals surface area contributed by atoms with Gasteiger partial charge in [-0.15, -0.1) is 0 Å². The molecule has 1 N–H and O–H groups in total. The molecule has 0 bridgehead atoms. The van der Waals surface area contributed by atoms with E-state index in [1.54, 1.807) is 51.1 Å². The van der Waals surface area contributed by atoms with Crippen LogP contribution in [0.25, 0.3) is 0 Å². The summed E-state index contributed by atoms with van der Waals surface area (Å²) in [5.74, 6) is -0.776. The number of benzene rings is 1. The standard InChI is InChI=1S/C15H22N2O6S/c1-15(2,3)23-14(19)17(11-12-8-6-5-7-9-12)24(20,21)16-10-13(18)22-4/h5-9,16H,10-11H2,1-4H3. The zero-order chi connectivity index (χ0) is 18.4. The van der Waals surface area contributed by atoms with E-state index in [1.807, 2.05) is 4.72 Å². The Morgan fingerprint density at radius 3 is 2.25 bits per heavy atom. The minimum atomic E-state index is -4.29. The van der Waals surface area contributed by atoms with E-state index < -0.39 is 34.4 Å². The average Bonchev–Trinajstić information content (AvgIpc) is 2.49. The van der Waals surface area contributed by atoms with Gasteiger partial charge < -0.3 is 9.47 Å². The van der Waals surface area contributed by atoms with E-state index in [0.29, 0.717) is 9.87 Å².